The van der Waals surface area contributed by atoms with Crippen LogP contribution in [-0.4, -0.2) is 23.7 Å². The zero-order chi connectivity index (χ0) is 13.5. The van der Waals surface area contributed by atoms with Gasteiger partial charge in [0.2, 0.25) is 0 Å². The fraction of sp³-hybridized carbons (Fsp3) is 0.538. The van der Waals surface area contributed by atoms with Crippen molar-refractivity contribution >= 4 is 11.9 Å². The van der Waals surface area contributed by atoms with E-state index >= 15 is 0 Å². The van der Waals surface area contributed by atoms with Gasteiger partial charge in [0.15, 0.2) is 0 Å². The quantitative estimate of drug-likeness (QED) is 0.404. The summed E-state index contributed by atoms with van der Waals surface area (Å²) in [5, 5.41) is 7.60. The van der Waals surface area contributed by atoms with E-state index in [1.807, 2.05) is 0 Å². The molecule has 0 rings (SSSR count). The molecule has 0 unspecified atom stereocenters. The van der Waals surface area contributed by atoms with Crippen LogP contribution in [0.25, 0.3) is 0 Å². The molecule has 98 valence electrons. The summed E-state index contributed by atoms with van der Waals surface area (Å²) < 4.78 is 4.81. The molecular weight excluding hydrogens is 220 g/mol. The van der Waals surface area contributed by atoms with Gasteiger partial charge in [-0.3, -0.25) is 0 Å². The Morgan fingerprint density at radius 1 is 1.12 bits per heavy atom. The lowest BCUT2D eigenvalue weighted by Crippen LogP contribution is -2.01. The maximum Gasteiger partial charge on any atom is 0.330 e. The number of rotatable bonds is 8. The van der Waals surface area contributed by atoms with Gasteiger partial charge < -0.3 is 9.84 Å². The number of ether oxygens (including phenoxy) is 1. The van der Waals surface area contributed by atoms with E-state index in [9.17, 15) is 9.59 Å². The standard InChI is InChI=1S/C10H18O2.C3H4O2/c1-3-5-6-7-8-9-12-10(11)4-2;1-2-3(4)5/h4H,2-3,5-9H2,1H3;2H,1H2,(H,4,5). The first-order valence-corrected chi connectivity index (χ1v) is 5.73. The first kappa shape index (κ1) is 17.8. The molecule has 0 aliphatic carbocycles. The minimum atomic E-state index is -0.981. The van der Waals surface area contributed by atoms with E-state index in [0.29, 0.717) is 6.61 Å². The molecule has 0 aromatic heterocycles. The minimum absolute atomic E-state index is 0.314. The zero-order valence-corrected chi connectivity index (χ0v) is 10.5. The summed E-state index contributed by atoms with van der Waals surface area (Å²) in [7, 11) is 0. The molecule has 17 heavy (non-hydrogen) atoms. The van der Waals surface area contributed by atoms with Crippen LogP contribution in [-0.2, 0) is 14.3 Å². The van der Waals surface area contributed by atoms with Crippen LogP contribution in [0.1, 0.15) is 39.0 Å². The molecule has 0 aromatic rings. The highest BCUT2D eigenvalue weighted by Gasteiger charge is 1.94. The van der Waals surface area contributed by atoms with E-state index in [4.69, 9.17) is 9.84 Å². The Kier molecular flexibility index (Phi) is 15.1. The normalized spacial score (nSPS) is 8.53. The highest BCUT2D eigenvalue weighted by Crippen LogP contribution is 2.02. The molecule has 0 heterocycles. The third kappa shape index (κ3) is 20.5. The van der Waals surface area contributed by atoms with Gasteiger partial charge in [-0.25, -0.2) is 9.59 Å². The summed E-state index contributed by atoms with van der Waals surface area (Å²) in [6, 6.07) is 0. The Hall–Kier alpha value is -1.58. The van der Waals surface area contributed by atoms with Crippen molar-refractivity contribution in [3.63, 3.8) is 0 Å². The molecule has 0 spiro atoms. The summed E-state index contributed by atoms with van der Waals surface area (Å²) in [5.74, 6) is -1.30. The Morgan fingerprint density at radius 3 is 2.06 bits per heavy atom. The van der Waals surface area contributed by atoms with Crippen molar-refractivity contribution in [1.82, 2.24) is 0 Å². The van der Waals surface area contributed by atoms with Crippen LogP contribution < -0.4 is 0 Å². The highest BCUT2D eigenvalue weighted by atomic mass is 16.5. The van der Waals surface area contributed by atoms with E-state index < -0.39 is 5.97 Å². The summed E-state index contributed by atoms with van der Waals surface area (Å²) >= 11 is 0. The number of hydrogen-bond donors (Lipinski definition) is 1. The number of aliphatic carboxylic acids is 1. The van der Waals surface area contributed by atoms with Crippen molar-refractivity contribution in [2.75, 3.05) is 6.61 Å². The largest absolute Gasteiger partial charge is 0.478 e. The molecule has 0 fully saturated rings. The first-order valence-electron chi connectivity index (χ1n) is 5.73. The van der Waals surface area contributed by atoms with Crippen molar-refractivity contribution < 1.29 is 19.4 Å². The third-order valence-electron chi connectivity index (χ3n) is 1.83. The maximum absolute atomic E-state index is 10.6. The lowest BCUT2D eigenvalue weighted by Gasteiger charge is -2.00. The number of hydrogen-bond acceptors (Lipinski definition) is 3. The summed E-state index contributed by atoms with van der Waals surface area (Å²) in [4.78, 5) is 19.8. The van der Waals surface area contributed by atoms with Crippen LogP contribution in [0.15, 0.2) is 25.3 Å². The number of esters is 1. The monoisotopic (exact) mass is 242 g/mol. The fourth-order valence-corrected chi connectivity index (χ4v) is 0.937. The van der Waals surface area contributed by atoms with Crippen molar-refractivity contribution in [3.8, 4) is 0 Å². The van der Waals surface area contributed by atoms with Gasteiger partial charge in [-0.15, -0.1) is 0 Å². The van der Waals surface area contributed by atoms with Crippen molar-refractivity contribution in [2.45, 2.75) is 39.0 Å². The lowest BCUT2D eigenvalue weighted by molar-refractivity contribution is -0.138. The van der Waals surface area contributed by atoms with Gasteiger partial charge in [-0.2, -0.15) is 0 Å². The van der Waals surface area contributed by atoms with Crippen LogP contribution in [0.5, 0.6) is 0 Å². The third-order valence-corrected chi connectivity index (χ3v) is 1.83. The summed E-state index contributed by atoms with van der Waals surface area (Å²) in [6.07, 6.45) is 7.91. The average Bonchev–Trinajstić information content (AvgIpc) is 2.33. The highest BCUT2D eigenvalue weighted by molar-refractivity contribution is 5.81. The van der Waals surface area contributed by atoms with Crippen LogP contribution in [0.3, 0.4) is 0 Å². The van der Waals surface area contributed by atoms with E-state index in [1.165, 1.54) is 25.3 Å². The Morgan fingerprint density at radius 2 is 1.65 bits per heavy atom. The minimum Gasteiger partial charge on any atom is -0.478 e. The smallest absolute Gasteiger partial charge is 0.330 e. The molecule has 0 saturated heterocycles. The Bertz CT molecular complexity index is 234. The fourth-order valence-electron chi connectivity index (χ4n) is 0.937. The molecule has 0 radical (unpaired) electrons. The molecule has 0 aliphatic heterocycles. The van der Waals surface area contributed by atoms with Crippen LogP contribution >= 0.6 is 0 Å². The van der Waals surface area contributed by atoms with Gasteiger partial charge in [0.05, 0.1) is 6.61 Å². The molecule has 0 amide bonds. The zero-order valence-electron chi connectivity index (χ0n) is 10.5. The predicted molar refractivity (Wildman–Crippen MR) is 67.7 cm³/mol. The predicted octanol–water partition coefficient (Wildman–Crippen LogP) is 2.94. The molecule has 4 nitrogen and oxygen atoms in total. The molecule has 0 saturated carbocycles. The lowest BCUT2D eigenvalue weighted by atomic mass is 10.2. The van der Waals surface area contributed by atoms with E-state index in [1.54, 1.807) is 0 Å². The topological polar surface area (TPSA) is 63.6 Å². The van der Waals surface area contributed by atoms with Crippen molar-refractivity contribution in [1.29, 1.82) is 0 Å². The second-order valence-corrected chi connectivity index (χ2v) is 3.33. The number of carboxylic acids is 1. The van der Waals surface area contributed by atoms with Gasteiger partial charge in [-0.1, -0.05) is 45.8 Å². The second kappa shape index (κ2) is 14.4. The number of carbonyl (C=O) groups is 2. The Balaban J connectivity index is 0. The molecular formula is C13H22O4. The van der Waals surface area contributed by atoms with Crippen molar-refractivity contribution in [3.05, 3.63) is 25.3 Å². The second-order valence-electron chi connectivity index (χ2n) is 3.33. The summed E-state index contributed by atoms with van der Waals surface area (Å²) in [6.45, 7) is 8.99. The van der Waals surface area contributed by atoms with Gasteiger partial charge in [-0.05, 0) is 6.42 Å². The molecule has 1 N–H and O–H groups in total. The van der Waals surface area contributed by atoms with Gasteiger partial charge in [0.1, 0.15) is 0 Å². The van der Waals surface area contributed by atoms with Crippen LogP contribution in [0.4, 0.5) is 0 Å². The maximum atomic E-state index is 10.6. The van der Waals surface area contributed by atoms with E-state index in [0.717, 1.165) is 18.9 Å². The van der Waals surface area contributed by atoms with E-state index in [2.05, 4.69) is 20.1 Å². The Labute approximate surface area is 103 Å². The van der Waals surface area contributed by atoms with Gasteiger partial charge in [0.25, 0.3) is 0 Å². The number of unbranched alkanes of at least 4 members (excludes halogenated alkanes) is 4. The number of carboxylic acid groups (broad SMARTS) is 1. The average molecular weight is 242 g/mol. The molecule has 0 atom stereocenters. The van der Waals surface area contributed by atoms with E-state index in [-0.39, 0.29) is 5.97 Å². The first-order chi connectivity index (χ1) is 8.08. The number of carbonyl (C=O) groups excluding carboxylic acids is 1. The van der Waals surface area contributed by atoms with Gasteiger partial charge >= 0.3 is 11.9 Å². The summed E-state index contributed by atoms with van der Waals surface area (Å²) in [5.41, 5.74) is 0. The molecule has 4 heteroatoms. The van der Waals surface area contributed by atoms with Gasteiger partial charge in [0, 0.05) is 12.2 Å². The van der Waals surface area contributed by atoms with Crippen LogP contribution in [0, 0.1) is 0 Å². The SMILES string of the molecule is C=CC(=O)O.C=CC(=O)OCCCCCCC. The molecule has 0 bridgehead atoms. The van der Waals surface area contributed by atoms with Crippen LogP contribution in [0.2, 0.25) is 0 Å². The van der Waals surface area contributed by atoms with Crippen molar-refractivity contribution in [2.24, 2.45) is 0 Å². The molecule has 0 aliphatic rings. The molecule has 0 aromatic carbocycles.